The maximum absolute atomic E-state index is 11.9. The highest BCUT2D eigenvalue weighted by molar-refractivity contribution is 8.01. The fraction of sp³-hybridized carbons (Fsp3) is 0.500. The van der Waals surface area contributed by atoms with Crippen LogP contribution in [-0.2, 0) is 4.79 Å². The van der Waals surface area contributed by atoms with Crippen molar-refractivity contribution in [2.45, 2.75) is 56.8 Å². The van der Waals surface area contributed by atoms with E-state index in [0.717, 1.165) is 28.0 Å². The number of benzene rings is 1. The molecular formula is C18H26N4OS2. The Morgan fingerprint density at radius 3 is 2.56 bits per heavy atom. The number of amides is 1. The van der Waals surface area contributed by atoms with Crippen molar-refractivity contribution in [3.8, 4) is 0 Å². The van der Waals surface area contributed by atoms with Crippen molar-refractivity contribution in [3.05, 3.63) is 29.8 Å². The second kappa shape index (κ2) is 9.77. The number of carbonyl (C=O) groups excluding carboxylic acids is 1. The summed E-state index contributed by atoms with van der Waals surface area (Å²) in [6.07, 6.45) is 2.07. The minimum absolute atomic E-state index is 0.0416. The van der Waals surface area contributed by atoms with Gasteiger partial charge in [0.1, 0.15) is 0 Å². The molecule has 0 fully saturated rings. The third-order valence-electron chi connectivity index (χ3n) is 3.69. The maximum Gasteiger partial charge on any atom is 0.230 e. The molecule has 0 spiro atoms. The first-order chi connectivity index (χ1) is 12.0. The lowest BCUT2D eigenvalue weighted by Crippen LogP contribution is -2.33. The standard InChI is InChI=1S/C18H26N4OS2/c1-5-6-13(4)19-16(23)11-24-18-22-21-17(25-18)20-15-9-7-14(8-10-15)12(2)3/h7-10,12-13H,5-6,11H2,1-4H3,(H,19,23)(H,20,21). The van der Waals surface area contributed by atoms with E-state index in [4.69, 9.17) is 0 Å². The first kappa shape index (κ1) is 19.7. The molecule has 2 aromatic rings. The van der Waals surface area contributed by atoms with Crippen LogP contribution < -0.4 is 10.6 Å². The van der Waals surface area contributed by atoms with E-state index in [9.17, 15) is 4.79 Å². The highest BCUT2D eigenvalue weighted by Crippen LogP contribution is 2.28. The van der Waals surface area contributed by atoms with Gasteiger partial charge in [0, 0.05) is 11.7 Å². The van der Waals surface area contributed by atoms with E-state index in [1.54, 1.807) is 0 Å². The molecule has 7 heteroatoms. The fourth-order valence-electron chi connectivity index (χ4n) is 2.34. The molecule has 2 N–H and O–H groups in total. The van der Waals surface area contributed by atoms with Gasteiger partial charge in [0.25, 0.3) is 0 Å². The minimum Gasteiger partial charge on any atom is -0.353 e. The molecule has 0 saturated heterocycles. The molecule has 0 aliphatic heterocycles. The first-order valence-corrected chi connectivity index (χ1v) is 10.4. The molecule has 1 unspecified atom stereocenters. The van der Waals surface area contributed by atoms with Gasteiger partial charge in [0.15, 0.2) is 4.34 Å². The minimum atomic E-state index is 0.0416. The molecule has 1 aromatic heterocycles. The van der Waals surface area contributed by atoms with Crippen LogP contribution in [0.2, 0.25) is 0 Å². The maximum atomic E-state index is 11.9. The SMILES string of the molecule is CCCC(C)NC(=O)CSc1nnc(Nc2ccc(C(C)C)cc2)s1. The highest BCUT2D eigenvalue weighted by Gasteiger charge is 2.10. The Balaban J connectivity index is 1.82. The van der Waals surface area contributed by atoms with Crippen LogP contribution in [0.4, 0.5) is 10.8 Å². The Kier molecular flexibility index (Phi) is 7.71. The van der Waals surface area contributed by atoms with Crippen LogP contribution in [0.15, 0.2) is 28.6 Å². The topological polar surface area (TPSA) is 66.9 Å². The Hall–Kier alpha value is -1.60. The van der Waals surface area contributed by atoms with Crippen LogP contribution in [-0.4, -0.2) is 27.9 Å². The summed E-state index contributed by atoms with van der Waals surface area (Å²) in [6.45, 7) is 8.50. The summed E-state index contributed by atoms with van der Waals surface area (Å²) in [5.41, 5.74) is 2.30. The van der Waals surface area contributed by atoms with Crippen molar-refractivity contribution in [2.75, 3.05) is 11.1 Å². The van der Waals surface area contributed by atoms with Crippen LogP contribution in [0.5, 0.6) is 0 Å². The zero-order chi connectivity index (χ0) is 18.2. The summed E-state index contributed by atoms with van der Waals surface area (Å²) in [4.78, 5) is 11.9. The van der Waals surface area contributed by atoms with E-state index in [1.165, 1.54) is 28.7 Å². The number of rotatable bonds is 9. The Morgan fingerprint density at radius 1 is 1.20 bits per heavy atom. The van der Waals surface area contributed by atoms with Crippen molar-refractivity contribution in [3.63, 3.8) is 0 Å². The van der Waals surface area contributed by atoms with Gasteiger partial charge in [-0.25, -0.2) is 0 Å². The van der Waals surface area contributed by atoms with Gasteiger partial charge in [0.2, 0.25) is 11.0 Å². The lowest BCUT2D eigenvalue weighted by molar-refractivity contribution is -0.119. The highest BCUT2D eigenvalue weighted by atomic mass is 32.2. The van der Waals surface area contributed by atoms with Crippen molar-refractivity contribution < 1.29 is 4.79 Å². The number of nitrogens with zero attached hydrogens (tertiary/aromatic N) is 2. The quantitative estimate of drug-likeness (QED) is 0.613. The zero-order valence-corrected chi connectivity index (χ0v) is 16.8. The van der Waals surface area contributed by atoms with Gasteiger partial charge >= 0.3 is 0 Å². The van der Waals surface area contributed by atoms with Crippen LogP contribution in [0.3, 0.4) is 0 Å². The largest absolute Gasteiger partial charge is 0.353 e. The second-order valence-corrected chi connectivity index (χ2v) is 8.52. The third-order valence-corrected chi connectivity index (χ3v) is 5.66. The van der Waals surface area contributed by atoms with E-state index in [0.29, 0.717) is 11.7 Å². The number of nitrogens with one attached hydrogen (secondary N) is 2. The van der Waals surface area contributed by atoms with Gasteiger partial charge in [-0.3, -0.25) is 4.79 Å². The summed E-state index contributed by atoms with van der Waals surface area (Å²) in [5, 5.41) is 15.3. The number of anilines is 2. The summed E-state index contributed by atoms with van der Waals surface area (Å²) < 4.78 is 0.791. The zero-order valence-electron chi connectivity index (χ0n) is 15.2. The summed E-state index contributed by atoms with van der Waals surface area (Å²) in [6, 6.07) is 8.55. The van der Waals surface area contributed by atoms with Gasteiger partial charge in [-0.05, 0) is 37.0 Å². The van der Waals surface area contributed by atoms with Crippen molar-refractivity contribution >= 4 is 39.8 Å². The predicted octanol–water partition coefficient (Wildman–Crippen LogP) is 4.80. The number of carbonyl (C=O) groups is 1. The van der Waals surface area contributed by atoms with Gasteiger partial charge in [-0.2, -0.15) is 0 Å². The Morgan fingerprint density at radius 2 is 1.92 bits per heavy atom. The summed E-state index contributed by atoms with van der Waals surface area (Å²) in [7, 11) is 0. The molecule has 0 aliphatic rings. The van der Waals surface area contributed by atoms with Crippen LogP contribution >= 0.6 is 23.1 Å². The number of hydrogen-bond donors (Lipinski definition) is 2. The molecule has 1 atom stereocenters. The van der Waals surface area contributed by atoms with Gasteiger partial charge in [-0.15, -0.1) is 10.2 Å². The first-order valence-electron chi connectivity index (χ1n) is 8.60. The van der Waals surface area contributed by atoms with E-state index < -0.39 is 0 Å². The van der Waals surface area contributed by atoms with Gasteiger partial charge < -0.3 is 10.6 Å². The number of aromatic nitrogens is 2. The molecule has 25 heavy (non-hydrogen) atoms. The number of hydrogen-bond acceptors (Lipinski definition) is 6. The van der Waals surface area contributed by atoms with Gasteiger partial charge in [0.05, 0.1) is 5.75 Å². The molecule has 0 bridgehead atoms. The molecule has 1 heterocycles. The molecule has 136 valence electrons. The van der Waals surface area contributed by atoms with Crippen LogP contribution in [0.1, 0.15) is 52.0 Å². The predicted molar refractivity (Wildman–Crippen MR) is 107 cm³/mol. The fourth-order valence-corrected chi connectivity index (χ4v) is 3.93. The van der Waals surface area contributed by atoms with E-state index in [-0.39, 0.29) is 11.9 Å². The van der Waals surface area contributed by atoms with Crippen molar-refractivity contribution in [2.24, 2.45) is 0 Å². The van der Waals surface area contributed by atoms with Gasteiger partial charge in [-0.1, -0.05) is 62.4 Å². The third kappa shape index (κ3) is 6.66. The number of thioether (sulfide) groups is 1. The van der Waals surface area contributed by atoms with Crippen molar-refractivity contribution in [1.82, 2.24) is 15.5 Å². The van der Waals surface area contributed by atoms with E-state index in [1.807, 2.05) is 19.1 Å². The lowest BCUT2D eigenvalue weighted by Gasteiger charge is -2.11. The molecule has 0 aliphatic carbocycles. The molecule has 5 nitrogen and oxygen atoms in total. The molecule has 2 rings (SSSR count). The average Bonchev–Trinajstić information content (AvgIpc) is 3.01. The van der Waals surface area contributed by atoms with Crippen LogP contribution in [0.25, 0.3) is 0 Å². The normalized spacial score (nSPS) is 12.2. The van der Waals surface area contributed by atoms with E-state index in [2.05, 4.69) is 53.7 Å². The molecule has 1 amide bonds. The lowest BCUT2D eigenvalue weighted by atomic mass is 10.0. The molecular weight excluding hydrogens is 352 g/mol. The monoisotopic (exact) mass is 378 g/mol. The Bertz CT molecular complexity index is 670. The smallest absolute Gasteiger partial charge is 0.230 e. The molecule has 0 saturated carbocycles. The Labute approximate surface area is 158 Å². The second-order valence-electron chi connectivity index (χ2n) is 6.32. The summed E-state index contributed by atoms with van der Waals surface area (Å²) in [5.74, 6) is 0.927. The summed E-state index contributed by atoms with van der Waals surface area (Å²) >= 11 is 2.88. The van der Waals surface area contributed by atoms with E-state index >= 15 is 0 Å². The molecule has 0 radical (unpaired) electrons. The van der Waals surface area contributed by atoms with Crippen molar-refractivity contribution in [1.29, 1.82) is 0 Å². The molecule has 1 aromatic carbocycles. The van der Waals surface area contributed by atoms with Crippen LogP contribution in [0, 0.1) is 0 Å². The average molecular weight is 379 g/mol.